The molecule has 3 N–H and O–H groups in total. The highest BCUT2D eigenvalue weighted by Gasteiger charge is 2.15. The topological polar surface area (TPSA) is 59.1 Å². The number of aliphatic hydroxyl groups is 1. The van der Waals surface area contributed by atoms with Gasteiger partial charge in [-0.25, -0.2) is 0 Å². The van der Waals surface area contributed by atoms with Gasteiger partial charge in [-0.15, -0.1) is 24.8 Å². The van der Waals surface area contributed by atoms with Crippen LogP contribution in [0.25, 0.3) is 0 Å². The van der Waals surface area contributed by atoms with Crippen molar-refractivity contribution in [2.75, 3.05) is 0 Å². The van der Waals surface area contributed by atoms with Crippen LogP contribution in [-0.4, -0.2) is 10.1 Å². The molecule has 0 aliphatic rings. The smallest absolute Gasteiger partial charge is 0.0841 e. The Bertz CT molecular complexity index is 274. The number of halogens is 2. The summed E-state index contributed by atoms with van der Waals surface area (Å²) in [5.41, 5.74) is 6.25. The largest absolute Gasteiger partial charge is 0.386 e. The summed E-state index contributed by atoms with van der Waals surface area (Å²) >= 11 is 0. The molecule has 1 aromatic heterocycles. The first-order valence-corrected chi connectivity index (χ1v) is 3.92. The van der Waals surface area contributed by atoms with E-state index in [4.69, 9.17) is 5.73 Å². The number of rotatable bonds is 2. The Morgan fingerprint density at radius 1 is 1.43 bits per heavy atom. The third-order valence-corrected chi connectivity index (χ3v) is 1.73. The van der Waals surface area contributed by atoms with Crippen molar-refractivity contribution in [3.05, 3.63) is 29.6 Å². The van der Waals surface area contributed by atoms with Crippen LogP contribution in [0.2, 0.25) is 0 Å². The Balaban J connectivity index is 0. The zero-order valence-electron chi connectivity index (χ0n) is 8.23. The van der Waals surface area contributed by atoms with Crippen LogP contribution in [0.5, 0.6) is 0 Å². The number of nitrogens with zero attached hydrogens (tertiary/aromatic N) is 1. The predicted octanol–water partition coefficient (Wildman–Crippen LogP) is 1.61. The first-order valence-electron chi connectivity index (χ1n) is 3.92. The first kappa shape index (κ1) is 16.1. The van der Waals surface area contributed by atoms with E-state index in [2.05, 4.69) is 4.98 Å². The van der Waals surface area contributed by atoms with Crippen molar-refractivity contribution in [1.29, 1.82) is 0 Å². The van der Waals surface area contributed by atoms with E-state index in [0.29, 0.717) is 6.54 Å². The fourth-order valence-corrected chi connectivity index (χ4v) is 0.970. The number of hydrogen-bond donors (Lipinski definition) is 2. The number of hydrogen-bond acceptors (Lipinski definition) is 3. The fourth-order valence-electron chi connectivity index (χ4n) is 0.970. The summed E-state index contributed by atoms with van der Waals surface area (Å²) in [4.78, 5) is 4.04. The summed E-state index contributed by atoms with van der Waals surface area (Å²) in [5, 5.41) is 9.64. The third kappa shape index (κ3) is 4.24. The highest BCUT2D eigenvalue weighted by molar-refractivity contribution is 5.85. The van der Waals surface area contributed by atoms with E-state index >= 15 is 0 Å². The van der Waals surface area contributed by atoms with E-state index in [1.165, 1.54) is 0 Å². The molecule has 0 fully saturated rings. The maximum Gasteiger partial charge on any atom is 0.0841 e. The third-order valence-electron chi connectivity index (χ3n) is 1.73. The van der Waals surface area contributed by atoms with Gasteiger partial charge in [0.1, 0.15) is 0 Å². The second-order valence-electron chi connectivity index (χ2n) is 3.30. The Labute approximate surface area is 96.6 Å². The highest BCUT2D eigenvalue weighted by Crippen LogP contribution is 2.18. The molecule has 0 aliphatic heterocycles. The molecule has 0 radical (unpaired) electrons. The molecule has 0 saturated carbocycles. The SMILES string of the molecule is CC(C)(O)c1ccnc(CN)c1.Cl.Cl. The second kappa shape index (κ2) is 6.19. The molecule has 82 valence electrons. The predicted molar refractivity (Wildman–Crippen MR) is 61.9 cm³/mol. The van der Waals surface area contributed by atoms with Crippen molar-refractivity contribution < 1.29 is 5.11 Å². The van der Waals surface area contributed by atoms with E-state index in [0.717, 1.165) is 11.3 Å². The van der Waals surface area contributed by atoms with Gasteiger partial charge < -0.3 is 10.8 Å². The number of aromatic nitrogens is 1. The molecule has 1 rings (SSSR count). The molecule has 0 atom stereocenters. The van der Waals surface area contributed by atoms with Crippen molar-refractivity contribution in [3.8, 4) is 0 Å². The molecule has 1 aromatic rings. The average molecular weight is 239 g/mol. The zero-order valence-corrected chi connectivity index (χ0v) is 9.86. The van der Waals surface area contributed by atoms with Crippen molar-refractivity contribution in [1.82, 2.24) is 4.98 Å². The summed E-state index contributed by atoms with van der Waals surface area (Å²) in [6, 6.07) is 3.61. The Morgan fingerprint density at radius 3 is 2.43 bits per heavy atom. The molecule has 14 heavy (non-hydrogen) atoms. The van der Waals surface area contributed by atoms with Gasteiger partial charge in [0.25, 0.3) is 0 Å². The van der Waals surface area contributed by atoms with Crippen LogP contribution >= 0.6 is 24.8 Å². The lowest BCUT2D eigenvalue weighted by Gasteiger charge is -2.17. The summed E-state index contributed by atoms with van der Waals surface area (Å²) < 4.78 is 0. The Kier molecular flexibility index (Phi) is 7.12. The van der Waals surface area contributed by atoms with E-state index in [9.17, 15) is 5.11 Å². The molecule has 0 aromatic carbocycles. The molecule has 5 heteroatoms. The minimum atomic E-state index is -0.813. The lowest BCUT2D eigenvalue weighted by Crippen LogP contribution is -2.16. The minimum absolute atomic E-state index is 0. The van der Waals surface area contributed by atoms with Gasteiger partial charge in [0.15, 0.2) is 0 Å². The van der Waals surface area contributed by atoms with Crippen LogP contribution in [0.3, 0.4) is 0 Å². The molecule has 0 saturated heterocycles. The first-order chi connectivity index (χ1) is 5.54. The van der Waals surface area contributed by atoms with Gasteiger partial charge in [-0.1, -0.05) is 0 Å². The lowest BCUT2D eigenvalue weighted by atomic mass is 9.99. The van der Waals surface area contributed by atoms with Gasteiger partial charge in [-0.05, 0) is 31.5 Å². The van der Waals surface area contributed by atoms with E-state index in [-0.39, 0.29) is 24.8 Å². The van der Waals surface area contributed by atoms with Gasteiger partial charge >= 0.3 is 0 Å². The molecule has 0 amide bonds. The molecular weight excluding hydrogens is 223 g/mol. The van der Waals surface area contributed by atoms with Gasteiger partial charge in [0.05, 0.1) is 11.3 Å². The van der Waals surface area contributed by atoms with Crippen LogP contribution < -0.4 is 5.73 Å². The van der Waals surface area contributed by atoms with Crippen LogP contribution in [0.4, 0.5) is 0 Å². The number of pyridine rings is 1. The molecule has 3 nitrogen and oxygen atoms in total. The fraction of sp³-hybridized carbons (Fsp3) is 0.444. The quantitative estimate of drug-likeness (QED) is 0.824. The molecule has 0 bridgehead atoms. The van der Waals surface area contributed by atoms with Crippen LogP contribution in [-0.2, 0) is 12.1 Å². The van der Waals surface area contributed by atoms with Gasteiger partial charge in [0, 0.05) is 12.7 Å². The lowest BCUT2D eigenvalue weighted by molar-refractivity contribution is 0.0784. The Hall–Kier alpha value is -0.350. The zero-order chi connectivity index (χ0) is 9.19. The molecule has 1 heterocycles. The van der Waals surface area contributed by atoms with Gasteiger partial charge in [0.2, 0.25) is 0 Å². The van der Waals surface area contributed by atoms with Crippen LogP contribution in [0.15, 0.2) is 18.3 Å². The van der Waals surface area contributed by atoms with Gasteiger partial charge in [-0.2, -0.15) is 0 Å². The van der Waals surface area contributed by atoms with E-state index in [1.807, 2.05) is 6.07 Å². The Morgan fingerprint density at radius 2 is 2.00 bits per heavy atom. The molecule has 0 unspecified atom stereocenters. The van der Waals surface area contributed by atoms with Crippen LogP contribution in [0, 0.1) is 0 Å². The minimum Gasteiger partial charge on any atom is -0.386 e. The normalized spacial score (nSPS) is 10.0. The van der Waals surface area contributed by atoms with E-state index < -0.39 is 5.60 Å². The van der Waals surface area contributed by atoms with Crippen molar-refractivity contribution in [3.63, 3.8) is 0 Å². The second-order valence-corrected chi connectivity index (χ2v) is 3.30. The summed E-state index contributed by atoms with van der Waals surface area (Å²) in [6.45, 7) is 3.88. The maximum atomic E-state index is 9.64. The summed E-state index contributed by atoms with van der Waals surface area (Å²) in [5.74, 6) is 0. The molecule has 0 aliphatic carbocycles. The summed E-state index contributed by atoms with van der Waals surface area (Å²) in [6.07, 6.45) is 1.66. The maximum absolute atomic E-state index is 9.64. The average Bonchev–Trinajstić information content (AvgIpc) is 2.03. The standard InChI is InChI=1S/C9H14N2O.2ClH/c1-9(2,12)7-3-4-11-8(5-7)6-10;;/h3-5,12H,6,10H2,1-2H3;2*1H. The van der Waals surface area contributed by atoms with Crippen molar-refractivity contribution in [2.24, 2.45) is 5.73 Å². The molecule has 0 spiro atoms. The van der Waals surface area contributed by atoms with E-state index in [1.54, 1.807) is 26.1 Å². The highest BCUT2D eigenvalue weighted by atomic mass is 35.5. The molecular formula is C9H16Cl2N2O. The van der Waals surface area contributed by atoms with Crippen LogP contribution in [0.1, 0.15) is 25.1 Å². The van der Waals surface area contributed by atoms with Gasteiger partial charge in [-0.3, -0.25) is 4.98 Å². The van der Waals surface area contributed by atoms with Crippen molar-refractivity contribution >= 4 is 24.8 Å². The monoisotopic (exact) mass is 238 g/mol. The van der Waals surface area contributed by atoms with Crippen molar-refractivity contribution in [2.45, 2.75) is 26.0 Å². The summed E-state index contributed by atoms with van der Waals surface area (Å²) in [7, 11) is 0. The number of nitrogens with two attached hydrogens (primary N) is 1.